The van der Waals surface area contributed by atoms with Crippen molar-refractivity contribution in [1.82, 2.24) is 20.0 Å². The summed E-state index contributed by atoms with van der Waals surface area (Å²) in [6.07, 6.45) is 2.67. The molecule has 2 rings (SSSR count). The zero-order chi connectivity index (χ0) is 18.9. The molecule has 0 aliphatic carbocycles. The molecule has 142 valence electrons. The normalized spacial score (nSPS) is 11.3. The van der Waals surface area contributed by atoms with Gasteiger partial charge in [0.1, 0.15) is 0 Å². The van der Waals surface area contributed by atoms with E-state index < -0.39 is 0 Å². The fraction of sp³-hybridized carbons (Fsp3) is 0.474. The Bertz CT molecular complexity index is 726. The molecule has 0 atom stereocenters. The highest BCUT2D eigenvalue weighted by Gasteiger charge is 2.09. The summed E-state index contributed by atoms with van der Waals surface area (Å²) < 4.78 is 12.5. The van der Waals surface area contributed by atoms with Crippen molar-refractivity contribution in [1.29, 1.82) is 0 Å². The van der Waals surface area contributed by atoms with Gasteiger partial charge in [-0.25, -0.2) is 4.99 Å². The smallest absolute Gasteiger partial charge is 0.194 e. The Morgan fingerprint density at radius 2 is 2.00 bits per heavy atom. The van der Waals surface area contributed by atoms with E-state index >= 15 is 0 Å². The van der Waals surface area contributed by atoms with Crippen LogP contribution in [0.1, 0.15) is 18.2 Å². The highest BCUT2D eigenvalue weighted by Crippen LogP contribution is 2.27. The van der Waals surface area contributed by atoms with Crippen molar-refractivity contribution >= 4 is 5.96 Å². The molecule has 1 N–H and O–H groups in total. The predicted molar refractivity (Wildman–Crippen MR) is 104 cm³/mol. The summed E-state index contributed by atoms with van der Waals surface area (Å²) in [6, 6.07) is 8.01. The lowest BCUT2D eigenvalue weighted by atomic mass is 10.1. The van der Waals surface area contributed by atoms with E-state index in [2.05, 4.69) is 28.3 Å². The highest BCUT2D eigenvalue weighted by molar-refractivity contribution is 5.79. The number of benzene rings is 1. The summed E-state index contributed by atoms with van der Waals surface area (Å²) in [4.78, 5) is 6.85. The van der Waals surface area contributed by atoms with Crippen LogP contribution < -0.4 is 14.8 Å². The van der Waals surface area contributed by atoms with Crippen LogP contribution >= 0.6 is 0 Å². The number of aryl methyl sites for hydroxylation is 1. The minimum Gasteiger partial charge on any atom is -0.493 e. The van der Waals surface area contributed by atoms with Gasteiger partial charge in [-0.15, -0.1) is 0 Å². The maximum absolute atomic E-state index is 5.38. The number of nitrogens with zero attached hydrogens (tertiary/aromatic N) is 4. The van der Waals surface area contributed by atoms with Gasteiger partial charge in [-0.05, 0) is 37.1 Å². The Morgan fingerprint density at radius 3 is 2.62 bits per heavy atom. The molecule has 7 nitrogen and oxygen atoms in total. The number of rotatable bonds is 8. The number of nitrogens with one attached hydrogen (secondary N) is 1. The number of aromatic nitrogens is 2. The Balaban J connectivity index is 2.01. The molecular weight excluding hydrogens is 330 g/mol. The number of likely N-dealkylation sites (N-methyl/N-ethyl adjacent to an activating group) is 1. The number of guanidine groups is 1. The maximum atomic E-state index is 5.38. The van der Waals surface area contributed by atoms with Gasteiger partial charge < -0.3 is 19.7 Å². The van der Waals surface area contributed by atoms with Crippen LogP contribution in [0.5, 0.6) is 11.5 Å². The molecule has 1 aromatic heterocycles. The number of hydrogen-bond donors (Lipinski definition) is 1. The molecule has 1 aromatic carbocycles. The average molecular weight is 359 g/mol. The first kappa shape index (κ1) is 19.6. The van der Waals surface area contributed by atoms with Crippen LogP contribution in [-0.4, -0.2) is 55.0 Å². The molecule has 0 aliphatic rings. The third-order valence-corrected chi connectivity index (χ3v) is 4.19. The van der Waals surface area contributed by atoms with E-state index in [-0.39, 0.29) is 0 Å². The molecule has 0 saturated carbocycles. The minimum atomic E-state index is 0.597. The number of hydrogen-bond acceptors (Lipinski definition) is 4. The van der Waals surface area contributed by atoms with Crippen LogP contribution in [0.25, 0.3) is 0 Å². The highest BCUT2D eigenvalue weighted by atomic mass is 16.5. The van der Waals surface area contributed by atoms with E-state index in [0.717, 1.165) is 42.7 Å². The second kappa shape index (κ2) is 9.70. The molecule has 0 bridgehead atoms. The Labute approximate surface area is 155 Å². The monoisotopic (exact) mass is 359 g/mol. The number of ether oxygens (including phenoxy) is 2. The average Bonchev–Trinajstić information content (AvgIpc) is 3.07. The summed E-state index contributed by atoms with van der Waals surface area (Å²) in [5, 5.41) is 7.53. The quantitative estimate of drug-likeness (QED) is 0.577. The lowest BCUT2D eigenvalue weighted by Crippen LogP contribution is -2.40. The topological polar surface area (TPSA) is 63.9 Å². The van der Waals surface area contributed by atoms with E-state index in [1.165, 1.54) is 5.56 Å². The van der Waals surface area contributed by atoms with Crippen LogP contribution in [0.2, 0.25) is 0 Å². The molecule has 0 saturated heterocycles. The molecule has 0 aliphatic heterocycles. The molecule has 7 heteroatoms. The van der Waals surface area contributed by atoms with Gasteiger partial charge in [-0.1, -0.05) is 6.07 Å². The van der Waals surface area contributed by atoms with Crippen molar-refractivity contribution in [3.8, 4) is 11.5 Å². The number of methoxy groups -OCH3 is 2. The first-order chi connectivity index (χ1) is 12.6. The minimum absolute atomic E-state index is 0.597. The van der Waals surface area contributed by atoms with Gasteiger partial charge in [0.05, 0.1) is 26.5 Å². The van der Waals surface area contributed by atoms with Crippen LogP contribution in [0.3, 0.4) is 0 Å². The van der Waals surface area contributed by atoms with Crippen molar-refractivity contribution in [3.63, 3.8) is 0 Å². The fourth-order valence-electron chi connectivity index (χ4n) is 2.62. The van der Waals surface area contributed by atoms with Crippen LogP contribution in [0.15, 0.2) is 35.5 Å². The van der Waals surface area contributed by atoms with E-state index in [9.17, 15) is 0 Å². The van der Waals surface area contributed by atoms with Crippen molar-refractivity contribution < 1.29 is 9.47 Å². The molecule has 0 radical (unpaired) electrons. The van der Waals surface area contributed by atoms with Crippen molar-refractivity contribution in [2.24, 2.45) is 12.0 Å². The Hall–Kier alpha value is -2.70. The lowest BCUT2D eigenvalue weighted by Gasteiger charge is -2.22. The van der Waals surface area contributed by atoms with Crippen LogP contribution in [0.4, 0.5) is 0 Å². The first-order valence-electron chi connectivity index (χ1n) is 8.76. The van der Waals surface area contributed by atoms with Crippen LogP contribution in [-0.2, 0) is 20.0 Å². The van der Waals surface area contributed by atoms with Gasteiger partial charge in [0, 0.05) is 33.4 Å². The third-order valence-electron chi connectivity index (χ3n) is 4.19. The lowest BCUT2D eigenvalue weighted by molar-refractivity contribution is 0.354. The summed E-state index contributed by atoms with van der Waals surface area (Å²) in [6.45, 7) is 4.33. The summed E-state index contributed by atoms with van der Waals surface area (Å²) in [5.41, 5.74) is 2.27. The van der Waals surface area contributed by atoms with Gasteiger partial charge in [0.25, 0.3) is 0 Å². The third kappa shape index (κ3) is 5.15. The molecule has 1 heterocycles. The molecule has 26 heavy (non-hydrogen) atoms. The summed E-state index contributed by atoms with van der Waals surface area (Å²) >= 11 is 0. The molecule has 2 aromatic rings. The first-order valence-corrected chi connectivity index (χ1v) is 8.76. The summed E-state index contributed by atoms with van der Waals surface area (Å²) in [5.74, 6) is 2.38. The zero-order valence-corrected chi connectivity index (χ0v) is 16.3. The van der Waals surface area contributed by atoms with E-state index in [1.807, 2.05) is 37.0 Å². The molecule has 0 spiro atoms. The van der Waals surface area contributed by atoms with Gasteiger partial charge in [0.15, 0.2) is 17.5 Å². The van der Waals surface area contributed by atoms with E-state index in [1.54, 1.807) is 20.4 Å². The van der Waals surface area contributed by atoms with Gasteiger partial charge in [0.2, 0.25) is 0 Å². The van der Waals surface area contributed by atoms with Crippen molar-refractivity contribution in [2.45, 2.75) is 19.9 Å². The predicted octanol–water partition coefficient (Wildman–Crippen LogP) is 2.08. The standard InChI is InChI=1S/C19H29N5O2/c1-6-20-19(21-14-16-9-11-22-24(16)3)23(2)12-10-15-7-8-17(25-4)18(13-15)26-5/h7-9,11,13H,6,10,12,14H2,1-5H3,(H,20,21). The molecule has 0 unspecified atom stereocenters. The van der Waals surface area contributed by atoms with Gasteiger partial charge in [-0.2, -0.15) is 5.10 Å². The van der Waals surface area contributed by atoms with Crippen LogP contribution in [0, 0.1) is 0 Å². The summed E-state index contributed by atoms with van der Waals surface area (Å²) in [7, 11) is 7.28. The van der Waals surface area contributed by atoms with E-state index in [4.69, 9.17) is 14.5 Å². The van der Waals surface area contributed by atoms with Gasteiger partial charge in [-0.3, -0.25) is 4.68 Å². The fourth-order valence-corrected chi connectivity index (χ4v) is 2.62. The van der Waals surface area contributed by atoms with Gasteiger partial charge >= 0.3 is 0 Å². The second-order valence-electron chi connectivity index (χ2n) is 5.98. The second-order valence-corrected chi connectivity index (χ2v) is 5.98. The molecule has 0 amide bonds. The Morgan fingerprint density at radius 1 is 1.23 bits per heavy atom. The van der Waals surface area contributed by atoms with E-state index in [0.29, 0.717) is 6.54 Å². The maximum Gasteiger partial charge on any atom is 0.194 e. The zero-order valence-electron chi connectivity index (χ0n) is 16.3. The molecular formula is C19H29N5O2. The van der Waals surface area contributed by atoms with Crippen molar-refractivity contribution in [3.05, 3.63) is 41.7 Å². The largest absolute Gasteiger partial charge is 0.493 e. The molecule has 0 fully saturated rings. The van der Waals surface area contributed by atoms with Crippen molar-refractivity contribution in [2.75, 3.05) is 34.4 Å². The number of aliphatic imine (C=N–C) groups is 1. The Kier molecular flexibility index (Phi) is 7.32. The SMILES string of the molecule is CCNC(=NCc1ccnn1C)N(C)CCc1ccc(OC)c(OC)c1.